The maximum Gasteiger partial charge on any atom is 0.355 e. The van der Waals surface area contributed by atoms with Crippen molar-refractivity contribution in [3.63, 3.8) is 0 Å². The molecule has 0 radical (unpaired) electrons. The van der Waals surface area contributed by atoms with Crippen molar-refractivity contribution in [3.8, 4) is 45.1 Å². The minimum absolute atomic E-state index is 0.0241. The van der Waals surface area contributed by atoms with E-state index in [2.05, 4.69) is 69.2 Å². The first-order valence-electron chi connectivity index (χ1n) is 42.3. The van der Waals surface area contributed by atoms with Gasteiger partial charge in [-0.1, -0.05) is 172 Å². The number of amides is 4. The van der Waals surface area contributed by atoms with Gasteiger partial charge in [-0.05, 0) is 144 Å². The minimum Gasteiger partial charge on any atom is -0.376 e. The van der Waals surface area contributed by atoms with Crippen LogP contribution in [0.4, 0.5) is 31.9 Å². The van der Waals surface area contributed by atoms with Gasteiger partial charge < -0.3 is 39.2 Å². The van der Waals surface area contributed by atoms with Gasteiger partial charge in [-0.3, -0.25) is 24.2 Å². The summed E-state index contributed by atoms with van der Waals surface area (Å²) in [5, 5.41) is 2.11. The molecule has 0 spiro atoms. The normalized spacial score (nSPS) is 18.0. The highest BCUT2D eigenvalue weighted by Gasteiger charge is 2.41. The van der Waals surface area contributed by atoms with E-state index in [0.717, 1.165) is 22.5 Å². The highest BCUT2D eigenvalue weighted by atomic mass is 35.5. The molecule has 30 heteroatoms. The highest BCUT2D eigenvalue weighted by molar-refractivity contribution is 6.35. The van der Waals surface area contributed by atoms with Crippen molar-refractivity contribution in [2.24, 2.45) is 10.4 Å². The lowest BCUT2D eigenvalue weighted by Crippen LogP contribution is -2.59. The fourth-order valence-corrected chi connectivity index (χ4v) is 17.5. The third-order valence-corrected chi connectivity index (χ3v) is 23.8. The summed E-state index contributed by atoms with van der Waals surface area (Å²) in [6.07, 6.45) is 6.37. The largest absolute Gasteiger partial charge is 0.376 e. The number of hydrogen-bond acceptors (Lipinski definition) is 19. The molecule has 4 aliphatic heterocycles. The van der Waals surface area contributed by atoms with Gasteiger partial charge in [0.2, 0.25) is 17.7 Å². The maximum absolute atomic E-state index is 15.1. The van der Waals surface area contributed by atoms with Crippen LogP contribution in [0.15, 0.2) is 156 Å². The molecule has 7 aromatic heterocycles. The molecule has 125 heavy (non-hydrogen) atoms. The number of benzene rings is 3. The number of rotatable bonds is 16. The van der Waals surface area contributed by atoms with Crippen LogP contribution in [0.25, 0.3) is 67.2 Å². The smallest absolute Gasteiger partial charge is 0.355 e. The van der Waals surface area contributed by atoms with Crippen LogP contribution in [0, 0.1) is 24.0 Å². The molecule has 0 aliphatic carbocycles. The van der Waals surface area contributed by atoms with Gasteiger partial charge in [0.1, 0.15) is 47.3 Å². The summed E-state index contributed by atoms with van der Waals surface area (Å²) >= 11 is 20.6. The first-order chi connectivity index (χ1) is 59.2. The van der Waals surface area contributed by atoms with Gasteiger partial charge in [-0.2, -0.15) is 15.0 Å². The lowest BCUT2D eigenvalue weighted by Gasteiger charge is -2.45. The Morgan fingerprint density at radius 3 is 1.34 bits per heavy atom. The maximum atomic E-state index is 15.1. The molecule has 6 unspecified atom stereocenters. The number of piperazine rings is 3. The Labute approximate surface area is 744 Å². The molecular weight excluding hydrogens is 1650 g/mol. The number of halogens is 5. The number of aryl methyl sites for hydroxylation is 2. The first-order valence-corrected chi connectivity index (χ1v) is 43.4. The van der Waals surface area contributed by atoms with Crippen molar-refractivity contribution in [1.29, 1.82) is 0 Å². The zero-order valence-electron chi connectivity index (χ0n) is 74.6. The van der Waals surface area contributed by atoms with Crippen molar-refractivity contribution >= 4 is 109 Å². The molecule has 0 saturated carbocycles. The third-order valence-electron chi connectivity index (χ3n) is 22.9. The fourth-order valence-electron chi connectivity index (χ4n) is 16.8. The Balaban J connectivity index is 0.000000172. The van der Waals surface area contributed by atoms with Crippen molar-refractivity contribution < 1.29 is 28.0 Å². The van der Waals surface area contributed by atoms with Crippen molar-refractivity contribution in [2.75, 3.05) is 86.1 Å². The Bertz CT molecular complexity index is 5990. The van der Waals surface area contributed by atoms with E-state index in [-0.39, 0.29) is 117 Å². The van der Waals surface area contributed by atoms with Crippen LogP contribution < -0.4 is 31.0 Å². The number of fused-ring (bicyclic) bond motifs is 3. The molecule has 3 saturated heterocycles. The molecule has 11 heterocycles. The number of carbonyl (C=O) groups is 4. The molecule has 0 N–H and O–H groups in total. The van der Waals surface area contributed by atoms with Crippen LogP contribution in [-0.2, 0) is 25.6 Å². The molecule has 656 valence electrons. The van der Waals surface area contributed by atoms with Gasteiger partial charge in [0.05, 0.1) is 82.6 Å². The van der Waals surface area contributed by atoms with Crippen molar-refractivity contribution in [1.82, 2.24) is 68.6 Å². The Morgan fingerprint density at radius 2 is 0.920 bits per heavy atom. The number of nitrogens with zero attached hydrogens (tertiary/aromatic N) is 19. The number of carbonyl (C=O) groups excluding carboxylic acids is 4. The lowest BCUT2D eigenvalue weighted by atomic mass is 9.95. The zero-order valence-corrected chi connectivity index (χ0v) is 76.8. The second kappa shape index (κ2) is 38.0. The molecule has 3 aromatic carbocycles. The Hall–Kier alpha value is -11.7. The van der Waals surface area contributed by atoms with E-state index < -0.39 is 23.0 Å². The zero-order chi connectivity index (χ0) is 91.0. The summed E-state index contributed by atoms with van der Waals surface area (Å²) in [7, 11) is 3.88. The van der Waals surface area contributed by atoms with Crippen molar-refractivity contribution in [2.45, 2.75) is 178 Å². The number of amidine groups is 1. The number of aromatic nitrogens is 10. The molecule has 14 rings (SSSR count). The van der Waals surface area contributed by atoms with Crippen LogP contribution in [0.5, 0.6) is 0 Å². The molecular formula is C95H110Cl3F2N19O6. The predicted molar refractivity (Wildman–Crippen MR) is 497 cm³/mol. The van der Waals surface area contributed by atoms with Crippen molar-refractivity contribution in [3.05, 3.63) is 223 Å². The second-order valence-electron chi connectivity index (χ2n) is 34.9. The lowest BCUT2D eigenvalue weighted by molar-refractivity contribution is -0.131. The fraction of sp³-hybridized carbons (Fsp3) is 0.400. The van der Waals surface area contributed by atoms with Gasteiger partial charge in [0, 0.05) is 125 Å². The van der Waals surface area contributed by atoms with Gasteiger partial charge in [0.15, 0.2) is 11.3 Å². The summed E-state index contributed by atoms with van der Waals surface area (Å²) in [6.45, 7) is 48.5. The molecule has 4 aliphatic rings. The molecule has 0 bridgehead atoms. The summed E-state index contributed by atoms with van der Waals surface area (Å²) in [5.41, 5.74) is 7.82. The van der Waals surface area contributed by atoms with E-state index in [1.807, 2.05) is 153 Å². The topological polar surface area (TPSA) is 254 Å². The van der Waals surface area contributed by atoms with E-state index in [9.17, 15) is 33.2 Å². The highest BCUT2D eigenvalue weighted by Crippen LogP contribution is 2.43. The van der Waals surface area contributed by atoms with E-state index in [1.54, 1.807) is 74.0 Å². The SMILES string of the molecule is C=CC(=O)N1CC(C)N(C2=NC(=O)CN(CC(C)(C)C)c3nc(-c4ccccc4F)c(Cl)cc32)CC1C.C=CC(=O)N1CC(C)N(c2nc(=O)n(-c3c(C(C)C)nc(CC)nc3C(C)C)c3nc(-c4ccccc4F)c(Cl)cc23)CC1C.C=CC(=O)N1CC(C)N(c2nc(=O)n(-c3c(N(C)C)ccnc3C(C)C)c3nc(-c4ccccc4C)c(Cl)cc23)CC1C. The number of anilines is 4. The van der Waals surface area contributed by atoms with Crippen LogP contribution in [0.3, 0.4) is 0 Å². The van der Waals surface area contributed by atoms with Gasteiger partial charge >= 0.3 is 11.4 Å². The van der Waals surface area contributed by atoms with E-state index in [4.69, 9.17) is 69.7 Å². The Morgan fingerprint density at radius 1 is 0.512 bits per heavy atom. The summed E-state index contributed by atoms with van der Waals surface area (Å²) in [5.74, 6) is 0.883. The minimum atomic E-state index is -0.562. The van der Waals surface area contributed by atoms with Crippen LogP contribution in [-0.4, -0.2) is 201 Å². The van der Waals surface area contributed by atoms with Gasteiger partial charge in [-0.25, -0.2) is 52.4 Å². The molecule has 10 aromatic rings. The number of pyridine rings is 4. The average molecular weight is 1760 g/mol. The average Bonchev–Trinajstić information content (AvgIpc) is 1.22. The quantitative estimate of drug-likeness (QED) is 0.0815. The van der Waals surface area contributed by atoms with Gasteiger partial charge in [0.25, 0.3) is 5.91 Å². The second-order valence-corrected chi connectivity index (χ2v) is 36.1. The Kier molecular flexibility index (Phi) is 28.1. The molecule has 6 atom stereocenters. The van der Waals surface area contributed by atoms with E-state index >= 15 is 4.39 Å². The number of aliphatic imine (C=N–C) groups is 1. The van der Waals surface area contributed by atoms with E-state index in [1.165, 1.54) is 34.9 Å². The monoisotopic (exact) mass is 1760 g/mol. The summed E-state index contributed by atoms with van der Waals surface area (Å²) in [4.78, 5) is 138. The number of hydrogen-bond donors (Lipinski definition) is 0. The standard InChI is InChI=1S/C34H39ClFN7O2.C33H38ClN7O2.C28H33ClFN5O2/c1-9-26-37-28(18(3)4)31(29(38-26)19(5)6)43-33-23(15-24(35)30(39-33)22-13-11-12-14-25(22)36)32(40-34(43)45)42-17-20(7)41(16-21(42)8)27(44)10-2;1-9-27(42)39-17-22(6)40(18-21(39)5)31-24-16-25(34)29(23-13-11-10-12-20(23)4)36-32(24)41(33(43)37-31)30-26(38(7)8)14-15-35-28(30)19(2)3;1-7-24(37)34-13-18(3)35(14-17(34)2)27-20-12-21(29)25(19-10-8-9-11-22(19)30)32-26(20)33(15-23(36)31-27)16-28(4,5)6/h10-15,18-21H,2,9,16-17H2,1,3-8H3;9-16,19,21-22H,1,17-18H2,2-8H3;7-12,17-18H,1,13-16H2,2-6H3. The predicted octanol–water partition coefficient (Wildman–Crippen LogP) is 16.8. The van der Waals surface area contributed by atoms with Crippen LogP contribution in [0.2, 0.25) is 15.1 Å². The van der Waals surface area contributed by atoms with E-state index in [0.29, 0.717) is 148 Å². The van der Waals surface area contributed by atoms with Crippen LogP contribution in [0.1, 0.15) is 163 Å². The van der Waals surface area contributed by atoms with Crippen LogP contribution >= 0.6 is 34.8 Å². The van der Waals surface area contributed by atoms with Gasteiger partial charge in [-0.15, -0.1) is 0 Å². The molecule has 3 fully saturated rings. The first kappa shape index (κ1) is 92.5. The molecule has 25 nitrogen and oxygen atoms in total. The summed E-state index contributed by atoms with van der Waals surface area (Å²) < 4.78 is 32.9. The third kappa shape index (κ3) is 19.0. The summed E-state index contributed by atoms with van der Waals surface area (Å²) in [6, 6.07) is 26.9. The molecule has 4 amide bonds.